The van der Waals surface area contributed by atoms with Gasteiger partial charge in [0.2, 0.25) is 0 Å². The maximum Gasteiger partial charge on any atom is 0.0567 e. The van der Waals surface area contributed by atoms with Crippen LogP contribution in [0.3, 0.4) is 0 Å². The summed E-state index contributed by atoms with van der Waals surface area (Å²) < 4.78 is 1.06. The third-order valence-corrected chi connectivity index (χ3v) is 4.55. The van der Waals surface area contributed by atoms with Crippen LogP contribution in [0.4, 0.5) is 0 Å². The van der Waals surface area contributed by atoms with Crippen molar-refractivity contribution in [2.45, 2.75) is 6.04 Å². The van der Waals surface area contributed by atoms with Crippen LogP contribution in [0.25, 0.3) is 10.8 Å². The van der Waals surface area contributed by atoms with Crippen molar-refractivity contribution in [1.29, 1.82) is 0 Å². The van der Waals surface area contributed by atoms with E-state index < -0.39 is 0 Å². The van der Waals surface area contributed by atoms with Gasteiger partial charge in [-0.3, -0.25) is 0 Å². The first-order valence-corrected chi connectivity index (χ1v) is 7.99. The van der Waals surface area contributed by atoms with Gasteiger partial charge in [0, 0.05) is 14.5 Å². The minimum Gasteiger partial charge on any atom is -0.320 e. The van der Waals surface area contributed by atoms with Crippen molar-refractivity contribution in [3.05, 3.63) is 80.2 Å². The molecule has 21 heavy (non-hydrogen) atoms. The van der Waals surface area contributed by atoms with E-state index in [1.54, 1.807) is 12.1 Å². The van der Waals surface area contributed by atoms with Gasteiger partial charge in [0.05, 0.1) is 6.04 Å². The van der Waals surface area contributed by atoms with Crippen molar-refractivity contribution >= 4 is 49.9 Å². The zero-order valence-corrected chi connectivity index (χ0v) is 14.1. The Morgan fingerprint density at radius 3 is 2.38 bits per heavy atom. The lowest BCUT2D eigenvalue weighted by Gasteiger charge is -2.15. The predicted molar refractivity (Wildman–Crippen MR) is 94.1 cm³/mol. The molecule has 0 aliphatic carbocycles. The second kappa shape index (κ2) is 5.98. The number of benzene rings is 3. The van der Waals surface area contributed by atoms with Crippen LogP contribution in [-0.4, -0.2) is 0 Å². The lowest BCUT2D eigenvalue weighted by Crippen LogP contribution is -2.12. The number of hydrogen-bond donors (Lipinski definition) is 1. The Kier molecular flexibility index (Phi) is 4.23. The molecule has 0 saturated carbocycles. The summed E-state index contributed by atoms with van der Waals surface area (Å²) in [7, 11) is 0. The molecule has 1 unspecified atom stereocenters. The summed E-state index contributed by atoms with van der Waals surface area (Å²) in [5.74, 6) is 0. The fourth-order valence-corrected chi connectivity index (χ4v) is 3.16. The van der Waals surface area contributed by atoms with Gasteiger partial charge in [-0.15, -0.1) is 0 Å². The molecule has 0 heterocycles. The predicted octanol–water partition coefficient (Wildman–Crippen LogP) is 5.96. The molecule has 0 amide bonds. The molecule has 0 aliphatic rings. The van der Waals surface area contributed by atoms with Crippen LogP contribution < -0.4 is 5.73 Å². The van der Waals surface area contributed by atoms with Gasteiger partial charge in [0.1, 0.15) is 0 Å². The van der Waals surface area contributed by atoms with Crippen molar-refractivity contribution in [2.75, 3.05) is 0 Å². The molecular formula is C17H12BrCl2N. The van der Waals surface area contributed by atoms with Crippen molar-refractivity contribution in [3.8, 4) is 0 Å². The van der Waals surface area contributed by atoms with E-state index >= 15 is 0 Å². The maximum absolute atomic E-state index is 6.35. The minimum absolute atomic E-state index is 0.302. The van der Waals surface area contributed by atoms with Gasteiger partial charge in [0.25, 0.3) is 0 Å². The molecule has 0 fully saturated rings. The molecule has 1 atom stereocenters. The number of halogens is 3. The third kappa shape index (κ3) is 3.09. The molecule has 0 aliphatic heterocycles. The molecule has 0 bridgehead atoms. The Morgan fingerprint density at radius 2 is 1.57 bits per heavy atom. The summed E-state index contributed by atoms with van der Waals surface area (Å²) in [6, 6.07) is 17.4. The molecule has 106 valence electrons. The van der Waals surface area contributed by atoms with E-state index in [1.165, 1.54) is 0 Å². The summed E-state index contributed by atoms with van der Waals surface area (Å²) >= 11 is 15.8. The van der Waals surface area contributed by atoms with E-state index in [4.69, 9.17) is 28.9 Å². The van der Waals surface area contributed by atoms with Crippen LogP contribution >= 0.6 is 39.1 Å². The average molecular weight is 381 g/mol. The van der Waals surface area contributed by atoms with E-state index in [-0.39, 0.29) is 6.04 Å². The molecule has 0 aromatic heterocycles. The van der Waals surface area contributed by atoms with Crippen LogP contribution in [0.2, 0.25) is 10.0 Å². The fraction of sp³-hybridized carbons (Fsp3) is 0.0588. The van der Waals surface area contributed by atoms with Gasteiger partial charge in [-0.05, 0) is 58.3 Å². The van der Waals surface area contributed by atoms with Crippen molar-refractivity contribution in [2.24, 2.45) is 5.73 Å². The van der Waals surface area contributed by atoms with Gasteiger partial charge in [0.15, 0.2) is 0 Å². The number of nitrogens with two attached hydrogens (primary N) is 1. The van der Waals surface area contributed by atoms with E-state index in [0.717, 1.165) is 26.4 Å². The lowest BCUT2D eigenvalue weighted by molar-refractivity contribution is 0.874. The largest absolute Gasteiger partial charge is 0.320 e. The lowest BCUT2D eigenvalue weighted by atomic mass is 9.97. The van der Waals surface area contributed by atoms with Gasteiger partial charge < -0.3 is 5.73 Å². The molecule has 1 nitrogen and oxygen atoms in total. The Balaban J connectivity index is 2.07. The van der Waals surface area contributed by atoms with Crippen LogP contribution in [0.1, 0.15) is 17.2 Å². The van der Waals surface area contributed by atoms with Crippen molar-refractivity contribution in [3.63, 3.8) is 0 Å². The molecule has 0 radical (unpaired) electrons. The Hall–Kier alpha value is -1.06. The number of rotatable bonds is 2. The average Bonchev–Trinajstić information content (AvgIpc) is 2.48. The molecule has 3 aromatic carbocycles. The van der Waals surface area contributed by atoms with Crippen LogP contribution in [0.15, 0.2) is 59.1 Å². The summed E-state index contributed by atoms with van der Waals surface area (Å²) in [6.07, 6.45) is 0. The Labute approximate surface area is 141 Å². The zero-order chi connectivity index (χ0) is 15.0. The quantitative estimate of drug-likeness (QED) is 0.583. The first-order chi connectivity index (χ1) is 10.0. The fourth-order valence-electron chi connectivity index (χ4n) is 2.36. The van der Waals surface area contributed by atoms with Crippen LogP contribution in [-0.2, 0) is 0 Å². The first-order valence-electron chi connectivity index (χ1n) is 6.44. The Morgan fingerprint density at radius 1 is 0.857 bits per heavy atom. The first kappa shape index (κ1) is 14.9. The number of fused-ring (bicyclic) bond motifs is 1. The number of hydrogen-bond acceptors (Lipinski definition) is 1. The van der Waals surface area contributed by atoms with Crippen LogP contribution in [0, 0.1) is 0 Å². The van der Waals surface area contributed by atoms with E-state index in [0.29, 0.717) is 10.0 Å². The molecule has 3 rings (SSSR count). The van der Waals surface area contributed by atoms with Crippen molar-refractivity contribution in [1.82, 2.24) is 0 Å². The second-order valence-corrected chi connectivity index (χ2v) is 6.65. The van der Waals surface area contributed by atoms with Crippen LogP contribution in [0.5, 0.6) is 0 Å². The molecule has 0 saturated heterocycles. The highest BCUT2D eigenvalue weighted by molar-refractivity contribution is 9.10. The van der Waals surface area contributed by atoms with Gasteiger partial charge >= 0.3 is 0 Å². The van der Waals surface area contributed by atoms with E-state index in [9.17, 15) is 0 Å². The maximum atomic E-state index is 6.35. The SMILES string of the molecule is NC(c1ccc2cc(Br)ccc2c1)c1cc(Cl)ccc1Cl. The Bertz CT molecular complexity index is 817. The summed E-state index contributed by atoms with van der Waals surface area (Å²) in [5, 5.41) is 3.57. The van der Waals surface area contributed by atoms with Gasteiger partial charge in [-0.2, -0.15) is 0 Å². The highest BCUT2D eigenvalue weighted by Gasteiger charge is 2.13. The van der Waals surface area contributed by atoms with Crippen molar-refractivity contribution < 1.29 is 0 Å². The van der Waals surface area contributed by atoms with Gasteiger partial charge in [-0.1, -0.05) is 57.3 Å². The summed E-state index contributed by atoms with van der Waals surface area (Å²) in [5.41, 5.74) is 8.20. The summed E-state index contributed by atoms with van der Waals surface area (Å²) in [6.45, 7) is 0. The van der Waals surface area contributed by atoms with E-state index in [1.807, 2.05) is 18.2 Å². The molecule has 4 heteroatoms. The topological polar surface area (TPSA) is 26.0 Å². The highest BCUT2D eigenvalue weighted by atomic mass is 79.9. The zero-order valence-electron chi connectivity index (χ0n) is 11.0. The highest BCUT2D eigenvalue weighted by Crippen LogP contribution is 2.31. The standard InChI is InChI=1S/C17H12BrCl2N/c18-13-4-3-10-7-12(2-1-11(10)8-13)17(21)15-9-14(19)5-6-16(15)20/h1-9,17H,21H2. The minimum atomic E-state index is -0.302. The normalized spacial score (nSPS) is 12.6. The summed E-state index contributed by atoms with van der Waals surface area (Å²) in [4.78, 5) is 0. The smallest absolute Gasteiger partial charge is 0.0567 e. The molecule has 2 N–H and O–H groups in total. The molecule has 3 aromatic rings. The molecular weight excluding hydrogens is 369 g/mol. The second-order valence-electron chi connectivity index (χ2n) is 4.89. The van der Waals surface area contributed by atoms with Gasteiger partial charge in [-0.25, -0.2) is 0 Å². The van der Waals surface area contributed by atoms with E-state index in [2.05, 4.69) is 40.2 Å². The third-order valence-electron chi connectivity index (χ3n) is 3.48. The monoisotopic (exact) mass is 379 g/mol. The molecule has 0 spiro atoms.